The van der Waals surface area contributed by atoms with Gasteiger partial charge in [0.2, 0.25) is 0 Å². The molecular weight excluding hydrogens is 295 g/mol. The van der Waals surface area contributed by atoms with Crippen molar-refractivity contribution in [2.75, 3.05) is 11.9 Å². The second kappa shape index (κ2) is 6.56. The quantitative estimate of drug-likeness (QED) is 0.922. The fourth-order valence-corrected chi connectivity index (χ4v) is 2.20. The molecule has 0 spiro atoms. The molecule has 2 rings (SSSR count). The molecule has 20 heavy (non-hydrogen) atoms. The average molecular weight is 307 g/mol. The molecule has 4 nitrogen and oxygen atoms in total. The first-order valence-electron chi connectivity index (χ1n) is 6.11. The summed E-state index contributed by atoms with van der Waals surface area (Å²) < 4.78 is 0. The highest BCUT2D eigenvalue weighted by atomic mass is 35.5. The largest absolute Gasteiger partial charge is 0.369 e. The van der Waals surface area contributed by atoms with Gasteiger partial charge in [0, 0.05) is 24.5 Å². The van der Waals surface area contributed by atoms with Gasteiger partial charge in [-0.3, -0.25) is 4.98 Å². The SMILES string of the molecule is CCCNc1nc(-c2cncc(C#N)c2)c(Cl)cc1Cl. The van der Waals surface area contributed by atoms with Crippen molar-refractivity contribution in [2.24, 2.45) is 0 Å². The van der Waals surface area contributed by atoms with Gasteiger partial charge in [0.1, 0.15) is 11.9 Å². The Morgan fingerprint density at radius 3 is 2.75 bits per heavy atom. The maximum Gasteiger partial charge on any atom is 0.145 e. The van der Waals surface area contributed by atoms with Crippen molar-refractivity contribution in [2.45, 2.75) is 13.3 Å². The van der Waals surface area contributed by atoms with Gasteiger partial charge in [-0.25, -0.2) is 4.98 Å². The number of nitrogens with zero attached hydrogens (tertiary/aromatic N) is 3. The van der Waals surface area contributed by atoms with Gasteiger partial charge >= 0.3 is 0 Å². The Morgan fingerprint density at radius 1 is 1.25 bits per heavy atom. The first-order chi connectivity index (χ1) is 9.65. The number of nitrogens with one attached hydrogen (secondary N) is 1. The summed E-state index contributed by atoms with van der Waals surface area (Å²) in [6.07, 6.45) is 4.07. The van der Waals surface area contributed by atoms with Crippen LogP contribution in [0.2, 0.25) is 10.0 Å². The monoisotopic (exact) mass is 306 g/mol. The zero-order valence-corrected chi connectivity index (χ0v) is 12.3. The highest BCUT2D eigenvalue weighted by Crippen LogP contribution is 2.32. The molecule has 0 amide bonds. The fraction of sp³-hybridized carbons (Fsp3) is 0.214. The molecule has 0 radical (unpaired) electrons. The third-order valence-corrected chi connectivity index (χ3v) is 3.19. The van der Waals surface area contributed by atoms with Crippen LogP contribution < -0.4 is 5.32 Å². The molecule has 102 valence electrons. The minimum absolute atomic E-state index is 0.425. The van der Waals surface area contributed by atoms with Crippen LogP contribution in [-0.4, -0.2) is 16.5 Å². The van der Waals surface area contributed by atoms with Crippen LogP contribution in [0, 0.1) is 11.3 Å². The van der Waals surface area contributed by atoms with Crippen LogP contribution in [0.4, 0.5) is 5.82 Å². The Hall–Kier alpha value is -1.83. The van der Waals surface area contributed by atoms with Gasteiger partial charge in [0.25, 0.3) is 0 Å². The van der Waals surface area contributed by atoms with Gasteiger partial charge in [0.15, 0.2) is 0 Å². The van der Waals surface area contributed by atoms with E-state index >= 15 is 0 Å². The van der Waals surface area contributed by atoms with Gasteiger partial charge in [-0.15, -0.1) is 0 Å². The lowest BCUT2D eigenvalue weighted by molar-refractivity contribution is 0.970. The summed E-state index contributed by atoms with van der Waals surface area (Å²) in [4.78, 5) is 8.44. The average Bonchev–Trinajstić information content (AvgIpc) is 2.46. The molecule has 0 unspecified atom stereocenters. The van der Waals surface area contributed by atoms with Gasteiger partial charge < -0.3 is 5.32 Å². The number of anilines is 1. The molecule has 6 heteroatoms. The smallest absolute Gasteiger partial charge is 0.145 e. The lowest BCUT2D eigenvalue weighted by Crippen LogP contribution is -2.03. The van der Waals surface area contributed by atoms with Crippen molar-refractivity contribution < 1.29 is 0 Å². The number of rotatable bonds is 4. The van der Waals surface area contributed by atoms with E-state index in [1.807, 2.05) is 6.07 Å². The molecule has 0 aliphatic carbocycles. The van der Waals surface area contributed by atoms with Crippen LogP contribution in [0.15, 0.2) is 24.5 Å². The van der Waals surface area contributed by atoms with E-state index in [1.165, 1.54) is 6.20 Å². The second-order valence-corrected chi connectivity index (χ2v) is 4.96. The normalized spacial score (nSPS) is 10.1. The lowest BCUT2D eigenvalue weighted by atomic mass is 10.1. The molecule has 0 saturated heterocycles. The van der Waals surface area contributed by atoms with Crippen molar-refractivity contribution in [1.82, 2.24) is 9.97 Å². The van der Waals surface area contributed by atoms with E-state index in [-0.39, 0.29) is 0 Å². The predicted octanol–water partition coefficient (Wildman–Crippen LogP) is 4.14. The summed E-state index contributed by atoms with van der Waals surface area (Å²) in [5, 5.41) is 13.0. The van der Waals surface area contributed by atoms with Crippen LogP contribution in [-0.2, 0) is 0 Å². The maximum absolute atomic E-state index is 8.92. The Balaban J connectivity index is 2.47. The Labute approximate surface area is 127 Å². The van der Waals surface area contributed by atoms with E-state index in [0.717, 1.165) is 13.0 Å². The molecule has 2 aromatic rings. The van der Waals surface area contributed by atoms with Crippen LogP contribution in [0.3, 0.4) is 0 Å². The molecule has 1 N–H and O–H groups in total. The Kier molecular flexibility index (Phi) is 4.78. The molecule has 2 aromatic heterocycles. The zero-order valence-electron chi connectivity index (χ0n) is 10.8. The number of pyridine rings is 2. The van der Waals surface area contributed by atoms with Crippen molar-refractivity contribution in [3.05, 3.63) is 40.1 Å². The van der Waals surface area contributed by atoms with E-state index in [0.29, 0.717) is 32.7 Å². The Morgan fingerprint density at radius 2 is 2.05 bits per heavy atom. The van der Waals surface area contributed by atoms with Gasteiger partial charge in [-0.05, 0) is 18.6 Å². The van der Waals surface area contributed by atoms with Crippen molar-refractivity contribution in [3.8, 4) is 17.3 Å². The minimum Gasteiger partial charge on any atom is -0.369 e. The molecular formula is C14H12Cl2N4. The van der Waals surface area contributed by atoms with Gasteiger partial charge in [0.05, 0.1) is 21.3 Å². The molecule has 2 heterocycles. The number of aromatic nitrogens is 2. The van der Waals surface area contributed by atoms with Gasteiger partial charge in [-0.2, -0.15) is 5.26 Å². The van der Waals surface area contributed by atoms with E-state index < -0.39 is 0 Å². The molecule has 0 aliphatic heterocycles. The zero-order chi connectivity index (χ0) is 14.5. The summed E-state index contributed by atoms with van der Waals surface area (Å²) in [5.41, 5.74) is 1.70. The van der Waals surface area contributed by atoms with Crippen molar-refractivity contribution >= 4 is 29.0 Å². The third-order valence-electron chi connectivity index (χ3n) is 2.61. The topological polar surface area (TPSA) is 61.6 Å². The van der Waals surface area contributed by atoms with Crippen LogP contribution in [0.1, 0.15) is 18.9 Å². The van der Waals surface area contributed by atoms with E-state index in [9.17, 15) is 0 Å². The van der Waals surface area contributed by atoms with E-state index in [1.54, 1.807) is 18.3 Å². The molecule has 0 aliphatic rings. The molecule has 0 fully saturated rings. The van der Waals surface area contributed by atoms with Crippen molar-refractivity contribution in [3.63, 3.8) is 0 Å². The molecule has 0 saturated carbocycles. The second-order valence-electron chi connectivity index (χ2n) is 4.15. The van der Waals surface area contributed by atoms with Crippen molar-refractivity contribution in [1.29, 1.82) is 5.26 Å². The highest BCUT2D eigenvalue weighted by Gasteiger charge is 2.11. The molecule has 0 aromatic carbocycles. The number of halogens is 2. The number of nitriles is 1. The maximum atomic E-state index is 8.92. The molecule has 0 bridgehead atoms. The summed E-state index contributed by atoms with van der Waals surface area (Å²) in [7, 11) is 0. The summed E-state index contributed by atoms with van der Waals surface area (Å²) in [5.74, 6) is 0.579. The van der Waals surface area contributed by atoms with Crippen LogP contribution >= 0.6 is 23.2 Å². The first-order valence-corrected chi connectivity index (χ1v) is 6.86. The number of hydrogen-bond acceptors (Lipinski definition) is 4. The van der Waals surface area contributed by atoms with E-state index in [2.05, 4.69) is 22.2 Å². The number of hydrogen-bond donors (Lipinski definition) is 1. The van der Waals surface area contributed by atoms with Gasteiger partial charge in [-0.1, -0.05) is 30.1 Å². The lowest BCUT2D eigenvalue weighted by Gasteiger charge is -2.10. The van der Waals surface area contributed by atoms with Crippen LogP contribution in [0.25, 0.3) is 11.3 Å². The summed E-state index contributed by atoms with van der Waals surface area (Å²) in [6, 6.07) is 5.38. The fourth-order valence-electron chi connectivity index (χ4n) is 1.67. The Bertz CT molecular complexity index is 665. The summed E-state index contributed by atoms with van der Waals surface area (Å²) >= 11 is 12.3. The predicted molar refractivity (Wildman–Crippen MR) is 81.0 cm³/mol. The highest BCUT2D eigenvalue weighted by molar-refractivity contribution is 6.37. The van der Waals surface area contributed by atoms with E-state index in [4.69, 9.17) is 28.5 Å². The van der Waals surface area contributed by atoms with Crippen LogP contribution in [0.5, 0.6) is 0 Å². The third kappa shape index (κ3) is 3.19. The first kappa shape index (κ1) is 14.6. The molecule has 0 atom stereocenters. The minimum atomic E-state index is 0.425. The standard InChI is InChI=1S/C14H12Cl2N4/c1-2-3-19-14-12(16)5-11(15)13(20-14)10-4-9(6-17)7-18-8-10/h4-5,7-8H,2-3H2,1H3,(H,19,20). The summed E-state index contributed by atoms with van der Waals surface area (Å²) in [6.45, 7) is 2.82.